The smallest absolute Gasteiger partial charge is 0.350 e. The van der Waals surface area contributed by atoms with E-state index in [1.165, 1.54) is 0 Å². The van der Waals surface area contributed by atoms with Crippen molar-refractivity contribution in [1.82, 2.24) is 24.8 Å². The normalized spacial score (nSPS) is 16.8. The Morgan fingerprint density at radius 2 is 1.73 bits per heavy atom. The quantitative estimate of drug-likeness (QED) is 0.116. The number of ether oxygens (including phenoxy) is 4. The number of fused-ring (bicyclic) bond motifs is 2. The van der Waals surface area contributed by atoms with E-state index in [1.54, 1.807) is 24.6 Å². The van der Waals surface area contributed by atoms with Crippen LogP contribution in [0.5, 0.6) is 0 Å². The van der Waals surface area contributed by atoms with Gasteiger partial charge in [0, 0.05) is 18.4 Å². The molecule has 0 bridgehead atoms. The van der Waals surface area contributed by atoms with Gasteiger partial charge in [-0.25, -0.2) is 23.3 Å². The number of carbonyl (C=O) groups excluding carboxylic acids is 2. The van der Waals surface area contributed by atoms with Crippen LogP contribution in [0.25, 0.3) is 27.6 Å². The fourth-order valence-corrected chi connectivity index (χ4v) is 6.38. The molecule has 3 aromatic carbocycles. The summed E-state index contributed by atoms with van der Waals surface area (Å²) in [4.78, 5) is 27.1. The molecule has 0 spiro atoms. The zero-order valence-electron chi connectivity index (χ0n) is 27.1. The molecule has 1 atom stereocenters. The van der Waals surface area contributed by atoms with Crippen molar-refractivity contribution in [1.29, 1.82) is 0 Å². The first kappa shape index (κ1) is 31.9. The molecule has 2 aromatic heterocycles. The molecule has 5 aromatic rings. The van der Waals surface area contributed by atoms with Crippen molar-refractivity contribution < 1.29 is 32.9 Å². The van der Waals surface area contributed by atoms with Gasteiger partial charge < -0.3 is 18.9 Å². The van der Waals surface area contributed by atoms with E-state index in [9.17, 15) is 9.59 Å². The molecule has 0 radical (unpaired) electrons. The van der Waals surface area contributed by atoms with Crippen molar-refractivity contribution in [2.24, 2.45) is 0 Å². The van der Waals surface area contributed by atoms with Crippen LogP contribution in [0.15, 0.2) is 60.7 Å². The first-order chi connectivity index (χ1) is 23.4. The molecule has 0 N–H and O–H groups in total. The van der Waals surface area contributed by atoms with E-state index >= 15 is 4.39 Å². The van der Waals surface area contributed by atoms with Crippen molar-refractivity contribution >= 4 is 33.9 Å². The van der Waals surface area contributed by atoms with Crippen molar-refractivity contribution in [3.63, 3.8) is 0 Å². The molecular formula is C36H38FN5O6. The minimum atomic E-state index is -2.06. The summed E-state index contributed by atoms with van der Waals surface area (Å²) >= 11 is 0. The minimum Gasteiger partial charge on any atom is -0.463 e. The van der Waals surface area contributed by atoms with Crippen LogP contribution in [0, 0.1) is 5.82 Å². The van der Waals surface area contributed by atoms with Gasteiger partial charge in [0.15, 0.2) is 12.0 Å². The van der Waals surface area contributed by atoms with Crippen LogP contribution in [-0.4, -0.2) is 62.1 Å². The number of hydrogen-bond donors (Lipinski definition) is 0. The highest BCUT2D eigenvalue weighted by atomic mass is 19.1. The van der Waals surface area contributed by atoms with Gasteiger partial charge in [0.1, 0.15) is 5.52 Å². The van der Waals surface area contributed by atoms with Crippen LogP contribution in [0.2, 0.25) is 0 Å². The van der Waals surface area contributed by atoms with E-state index in [0.717, 1.165) is 48.6 Å². The molecule has 1 saturated carbocycles. The van der Waals surface area contributed by atoms with Gasteiger partial charge in [0.2, 0.25) is 0 Å². The monoisotopic (exact) mass is 655 g/mol. The van der Waals surface area contributed by atoms with Gasteiger partial charge in [-0.15, -0.1) is 5.10 Å². The van der Waals surface area contributed by atoms with Crippen molar-refractivity contribution in [2.75, 3.05) is 19.8 Å². The molecule has 2 aliphatic rings. The Morgan fingerprint density at radius 1 is 0.958 bits per heavy atom. The van der Waals surface area contributed by atoms with Gasteiger partial charge >= 0.3 is 11.9 Å². The van der Waals surface area contributed by atoms with E-state index < -0.39 is 17.5 Å². The Labute approximate surface area is 276 Å². The van der Waals surface area contributed by atoms with E-state index in [0.29, 0.717) is 35.0 Å². The second-order valence-corrected chi connectivity index (χ2v) is 12.3. The third-order valence-corrected chi connectivity index (χ3v) is 8.98. The van der Waals surface area contributed by atoms with E-state index in [-0.39, 0.29) is 43.8 Å². The standard InChI is InChI=1S/C36H38FN5O6/c1-3-45-34(43)36(35(44)46-4-2,21-23-10-6-5-7-11-23)48-22-29-27-16-15-26(20-30(27)42(39-29)32-12-8-9-17-47-32)41-31-19-25(24-13-14-24)18-28(37)33(31)38-40-41/h5-7,10-11,15-16,18-20,24,32H,3-4,8-9,12-14,17,21-22H2,1-2H3. The summed E-state index contributed by atoms with van der Waals surface area (Å²) in [6.45, 7) is 3.86. The Bertz CT molecular complexity index is 1930. The van der Waals surface area contributed by atoms with Crippen molar-refractivity contribution in [2.45, 2.75) is 76.7 Å². The Morgan fingerprint density at radius 3 is 2.42 bits per heavy atom. The van der Waals surface area contributed by atoms with Crippen LogP contribution < -0.4 is 0 Å². The zero-order valence-corrected chi connectivity index (χ0v) is 27.1. The summed E-state index contributed by atoms with van der Waals surface area (Å²) in [6, 6.07) is 18.3. The molecule has 0 amide bonds. The zero-order chi connectivity index (χ0) is 33.3. The molecule has 2 fully saturated rings. The van der Waals surface area contributed by atoms with Gasteiger partial charge in [-0.05, 0) is 93.3 Å². The SMILES string of the molecule is CCOC(=O)C(Cc1ccccc1)(OCc1nn(C2CCCCO2)c2cc(-n3nnc4c(F)cc(C5CC5)cc43)ccc12)C(=O)OCC. The average molecular weight is 656 g/mol. The highest BCUT2D eigenvalue weighted by molar-refractivity contribution is 6.04. The maximum Gasteiger partial charge on any atom is 0.350 e. The maximum absolute atomic E-state index is 15.0. The molecule has 7 rings (SSSR count). The molecule has 1 unspecified atom stereocenters. The number of nitrogens with zero attached hydrogens (tertiary/aromatic N) is 5. The Hall–Kier alpha value is -4.68. The molecule has 48 heavy (non-hydrogen) atoms. The Kier molecular flexibility index (Phi) is 8.93. The fraction of sp³-hybridized carbons (Fsp3) is 0.417. The summed E-state index contributed by atoms with van der Waals surface area (Å²) < 4.78 is 41.8. The summed E-state index contributed by atoms with van der Waals surface area (Å²) in [5.74, 6) is -1.68. The molecular weight excluding hydrogens is 617 g/mol. The van der Waals surface area contributed by atoms with Gasteiger partial charge in [-0.2, -0.15) is 5.10 Å². The van der Waals surface area contributed by atoms with Crippen LogP contribution in [0.1, 0.15) is 74.9 Å². The van der Waals surface area contributed by atoms with Crippen LogP contribution in [0.3, 0.4) is 0 Å². The number of carbonyl (C=O) groups is 2. The van der Waals surface area contributed by atoms with Crippen molar-refractivity contribution in [3.8, 4) is 5.69 Å². The number of halogens is 1. The van der Waals surface area contributed by atoms with Crippen molar-refractivity contribution in [3.05, 3.63) is 83.3 Å². The molecule has 12 heteroatoms. The highest BCUT2D eigenvalue weighted by Gasteiger charge is 2.51. The summed E-state index contributed by atoms with van der Waals surface area (Å²) in [7, 11) is 0. The average Bonchev–Trinajstić information content (AvgIpc) is 3.77. The number of benzene rings is 3. The number of hydrogen-bond acceptors (Lipinski definition) is 9. The number of rotatable bonds is 12. The van der Waals surface area contributed by atoms with E-state index in [1.807, 2.05) is 59.3 Å². The second-order valence-electron chi connectivity index (χ2n) is 12.3. The molecule has 11 nitrogen and oxygen atoms in total. The first-order valence-corrected chi connectivity index (χ1v) is 16.6. The lowest BCUT2D eigenvalue weighted by molar-refractivity contribution is -0.192. The lowest BCUT2D eigenvalue weighted by Gasteiger charge is -2.29. The topological polar surface area (TPSA) is 120 Å². The highest BCUT2D eigenvalue weighted by Crippen LogP contribution is 2.41. The van der Waals surface area contributed by atoms with Gasteiger partial charge in [-0.3, -0.25) is 0 Å². The third kappa shape index (κ3) is 6.06. The molecule has 250 valence electrons. The Balaban J connectivity index is 1.30. The predicted octanol–water partition coefficient (Wildman–Crippen LogP) is 6.11. The van der Waals surface area contributed by atoms with Crippen LogP contribution in [0.4, 0.5) is 4.39 Å². The van der Waals surface area contributed by atoms with Gasteiger partial charge in [0.25, 0.3) is 5.60 Å². The first-order valence-electron chi connectivity index (χ1n) is 16.6. The number of esters is 2. The minimum absolute atomic E-state index is 0.0561. The van der Waals surface area contributed by atoms with Crippen LogP contribution >= 0.6 is 0 Å². The van der Waals surface area contributed by atoms with E-state index in [4.69, 9.17) is 24.0 Å². The summed E-state index contributed by atoms with van der Waals surface area (Å²) in [5, 5.41) is 14.1. The largest absolute Gasteiger partial charge is 0.463 e. The number of aromatic nitrogens is 5. The lowest BCUT2D eigenvalue weighted by atomic mass is 9.94. The second kappa shape index (κ2) is 13.4. The molecule has 1 saturated heterocycles. The lowest BCUT2D eigenvalue weighted by Crippen LogP contribution is -2.53. The summed E-state index contributed by atoms with van der Waals surface area (Å²) in [5.41, 5.74) is 2.32. The maximum atomic E-state index is 15.0. The molecule has 1 aliphatic carbocycles. The summed E-state index contributed by atoms with van der Waals surface area (Å²) in [6.07, 6.45) is 4.36. The third-order valence-electron chi connectivity index (χ3n) is 8.98. The van der Waals surface area contributed by atoms with Gasteiger partial charge in [-0.1, -0.05) is 35.5 Å². The molecule has 1 aliphatic heterocycles. The van der Waals surface area contributed by atoms with Gasteiger partial charge in [0.05, 0.1) is 42.2 Å². The van der Waals surface area contributed by atoms with Crippen LogP contribution in [-0.2, 0) is 41.6 Å². The molecule has 3 heterocycles. The van der Waals surface area contributed by atoms with E-state index in [2.05, 4.69) is 10.3 Å². The predicted molar refractivity (Wildman–Crippen MR) is 174 cm³/mol. The fourth-order valence-electron chi connectivity index (χ4n) is 6.38.